The van der Waals surface area contributed by atoms with Crippen molar-refractivity contribution in [3.05, 3.63) is 22.4 Å². The Kier molecular flexibility index (Phi) is 5.72. The third-order valence-electron chi connectivity index (χ3n) is 2.67. The Balaban J connectivity index is 2.86. The van der Waals surface area contributed by atoms with Crippen molar-refractivity contribution in [2.75, 3.05) is 32.4 Å². The van der Waals surface area contributed by atoms with Crippen molar-refractivity contribution in [3.8, 4) is 0 Å². The smallest absolute Gasteiger partial charge is 0.243 e. The van der Waals surface area contributed by atoms with Gasteiger partial charge in [-0.05, 0) is 41.7 Å². The number of nitrogens with two attached hydrogens (primary N) is 1. The Hall–Kier alpha value is -0.700. The lowest BCUT2D eigenvalue weighted by molar-refractivity contribution is 0.358. The van der Waals surface area contributed by atoms with Crippen LogP contribution >= 0.6 is 15.9 Å². The highest BCUT2D eigenvalue weighted by Crippen LogP contribution is 2.25. The first kappa shape index (κ1) is 16.4. The molecular weight excluding hydrogens is 337 g/mol. The summed E-state index contributed by atoms with van der Waals surface area (Å²) in [7, 11) is -2.02. The molecule has 0 atom stereocenters. The summed E-state index contributed by atoms with van der Waals surface area (Å²) in [5, 5.41) is 0. The third kappa shape index (κ3) is 4.41. The molecule has 0 aliphatic rings. The average molecular weight is 354 g/mol. The molecule has 1 aromatic rings. The number of nitrogens with zero attached hydrogens (tertiary/aromatic N) is 1. The van der Waals surface area contributed by atoms with E-state index in [1.165, 1.54) is 0 Å². The number of halogens is 2. The maximum atomic E-state index is 13.7. The number of nitrogen functional groups attached to an aromatic ring is 1. The molecule has 1 rings (SSSR count). The topological polar surface area (TPSA) is 75.4 Å². The van der Waals surface area contributed by atoms with Crippen molar-refractivity contribution >= 4 is 31.6 Å². The molecule has 5 nitrogen and oxygen atoms in total. The summed E-state index contributed by atoms with van der Waals surface area (Å²) in [6.07, 6.45) is 0. The fourth-order valence-corrected chi connectivity index (χ4v) is 2.79. The highest BCUT2D eigenvalue weighted by molar-refractivity contribution is 9.10. The van der Waals surface area contributed by atoms with Gasteiger partial charge < -0.3 is 10.6 Å². The van der Waals surface area contributed by atoms with E-state index in [1.807, 2.05) is 18.9 Å². The highest BCUT2D eigenvalue weighted by atomic mass is 79.9. The standard InChI is InChI=1S/C11H17BrFN3O2S/c1-3-16(2)5-4-15-19(17,18)11-7-10(14)8(12)6-9(11)13/h6-7,15H,3-5,14H2,1-2H3. The quantitative estimate of drug-likeness (QED) is 0.758. The zero-order valence-electron chi connectivity index (χ0n) is 10.8. The van der Waals surface area contributed by atoms with Gasteiger partial charge in [-0.1, -0.05) is 6.92 Å². The molecule has 108 valence electrons. The van der Waals surface area contributed by atoms with E-state index in [0.29, 0.717) is 11.0 Å². The fraction of sp³-hybridized carbons (Fsp3) is 0.455. The van der Waals surface area contributed by atoms with Crippen molar-refractivity contribution in [1.29, 1.82) is 0 Å². The van der Waals surface area contributed by atoms with Gasteiger partial charge in [0.05, 0.1) is 0 Å². The zero-order chi connectivity index (χ0) is 14.6. The van der Waals surface area contributed by atoms with E-state index in [0.717, 1.165) is 18.7 Å². The van der Waals surface area contributed by atoms with Crippen LogP contribution in [-0.4, -0.2) is 40.0 Å². The van der Waals surface area contributed by atoms with E-state index >= 15 is 0 Å². The molecule has 0 heterocycles. The van der Waals surface area contributed by atoms with Gasteiger partial charge in [-0.2, -0.15) is 0 Å². The van der Waals surface area contributed by atoms with E-state index in [4.69, 9.17) is 5.73 Å². The zero-order valence-corrected chi connectivity index (χ0v) is 13.2. The van der Waals surface area contributed by atoms with Crippen LogP contribution in [0.4, 0.5) is 10.1 Å². The molecule has 0 saturated carbocycles. The number of hydrogen-bond donors (Lipinski definition) is 2. The number of benzene rings is 1. The lowest BCUT2D eigenvalue weighted by atomic mass is 10.3. The summed E-state index contributed by atoms with van der Waals surface area (Å²) in [6, 6.07) is 2.15. The highest BCUT2D eigenvalue weighted by Gasteiger charge is 2.20. The fourth-order valence-electron chi connectivity index (χ4n) is 1.36. The summed E-state index contributed by atoms with van der Waals surface area (Å²) >= 11 is 3.04. The second-order valence-electron chi connectivity index (χ2n) is 4.10. The second kappa shape index (κ2) is 6.65. The number of sulfonamides is 1. The number of rotatable bonds is 6. The number of anilines is 1. The Morgan fingerprint density at radius 3 is 2.68 bits per heavy atom. The molecule has 0 radical (unpaired) electrons. The van der Waals surface area contributed by atoms with E-state index in [9.17, 15) is 12.8 Å². The summed E-state index contributed by atoms with van der Waals surface area (Å²) in [6.45, 7) is 3.52. The Morgan fingerprint density at radius 2 is 2.11 bits per heavy atom. The van der Waals surface area contributed by atoms with Gasteiger partial charge in [0.25, 0.3) is 0 Å². The molecule has 0 spiro atoms. The molecule has 3 N–H and O–H groups in total. The minimum absolute atomic E-state index is 0.174. The van der Waals surface area contributed by atoms with Crippen LogP contribution in [-0.2, 0) is 10.0 Å². The van der Waals surface area contributed by atoms with Crippen LogP contribution in [0.25, 0.3) is 0 Å². The van der Waals surface area contributed by atoms with Crippen molar-refractivity contribution in [3.63, 3.8) is 0 Å². The largest absolute Gasteiger partial charge is 0.398 e. The van der Waals surface area contributed by atoms with Crippen molar-refractivity contribution in [2.24, 2.45) is 0 Å². The van der Waals surface area contributed by atoms with Crippen molar-refractivity contribution in [2.45, 2.75) is 11.8 Å². The molecule has 0 aliphatic carbocycles. The van der Waals surface area contributed by atoms with Crippen LogP contribution in [0.2, 0.25) is 0 Å². The molecule has 0 bridgehead atoms. The van der Waals surface area contributed by atoms with Crippen LogP contribution in [0.15, 0.2) is 21.5 Å². The Morgan fingerprint density at radius 1 is 1.47 bits per heavy atom. The van der Waals surface area contributed by atoms with E-state index in [2.05, 4.69) is 20.7 Å². The molecule has 0 fully saturated rings. The summed E-state index contributed by atoms with van der Waals surface area (Å²) in [5.74, 6) is -0.836. The third-order valence-corrected chi connectivity index (χ3v) is 4.83. The Bertz CT molecular complexity index is 551. The van der Waals surface area contributed by atoms with Crippen LogP contribution in [0.5, 0.6) is 0 Å². The normalized spacial score (nSPS) is 12.1. The lowest BCUT2D eigenvalue weighted by Crippen LogP contribution is -2.33. The van der Waals surface area contributed by atoms with Gasteiger partial charge >= 0.3 is 0 Å². The van der Waals surface area contributed by atoms with Gasteiger partial charge in [-0.25, -0.2) is 17.5 Å². The molecule has 0 aromatic heterocycles. The molecule has 8 heteroatoms. The van der Waals surface area contributed by atoms with E-state index in [-0.39, 0.29) is 12.2 Å². The molecule has 0 unspecified atom stereocenters. The minimum Gasteiger partial charge on any atom is -0.398 e. The molecular formula is C11H17BrFN3O2S. The number of nitrogens with one attached hydrogen (secondary N) is 1. The maximum absolute atomic E-state index is 13.7. The van der Waals surface area contributed by atoms with Gasteiger partial charge in [0.1, 0.15) is 10.7 Å². The predicted octanol–water partition coefficient (Wildman–Crippen LogP) is 1.40. The predicted molar refractivity (Wildman–Crippen MR) is 76.9 cm³/mol. The Labute approximate surface area is 121 Å². The first-order valence-corrected chi connectivity index (χ1v) is 7.98. The van der Waals surface area contributed by atoms with Crippen LogP contribution < -0.4 is 10.5 Å². The monoisotopic (exact) mass is 353 g/mol. The number of likely N-dealkylation sites (N-methyl/N-ethyl adjacent to an activating group) is 1. The summed E-state index contributed by atoms with van der Waals surface area (Å²) in [4.78, 5) is 1.50. The SMILES string of the molecule is CCN(C)CCNS(=O)(=O)c1cc(N)c(Br)cc1F. The summed E-state index contributed by atoms with van der Waals surface area (Å²) < 4.78 is 40.2. The van der Waals surface area contributed by atoms with Gasteiger partial charge in [-0.3, -0.25) is 0 Å². The maximum Gasteiger partial charge on any atom is 0.243 e. The molecule has 0 saturated heterocycles. The molecule has 0 amide bonds. The molecule has 19 heavy (non-hydrogen) atoms. The second-order valence-corrected chi connectivity index (χ2v) is 6.69. The number of hydrogen-bond acceptors (Lipinski definition) is 4. The van der Waals surface area contributed by atoms with Crippen LogP contribution in [0.1, 0.15) is 6.92 Å². The lowest BCUT2D eigenvalue weighted by Gasteiger charge is -2.14. The average Bonchev–Trinajstić information content (AvgIpc) is 2.33. The van der Waals surface area contributed by atoms with Crippen LogP contribution in [0.3, 0.4) is 0 Å². The van der Waals surface area contributed by atoms with E-state index < -0.39 is 20.7 Å². The first-order chi connectivity index (χ1) is 8.77. The van der Waals surface area contributed by atoms with Gasteiger partial charge in [0, 0.05) is 23.2 Å². The molecule has 1 aromatic carbocycles. The molecule has 0 aliphatic heterocycles. The van der Waals surface area contributed by atoms with E-state index in [1.54, 1.807) is 0 Å². The van der Waals surface area contributed by atoms with Gasteiger partial charge in [0.2, 0.25) is 10.0 Å². The van der Waals surface area contributed by atoms with Crippen molar-refractivity contribution < 1.29 is 12.8 Å². The van der Waals surface area contributed by atoms with Crippen LogP contribution in [0, 0.1) is 5.82 Å². The summed E-state index contributed by atoms with van der Waals surface area (Å²) in [5.41, 5.74) is 5.74. The van der Waals surface area contributed by atoms with Crippen molar-refractivity contribution in [1.82, 2.24) is 9.62 Å². The van der Waals surface area contributed by atoms with Gasteiger partial charge in [0.15, 0.2) is 0 Å². The van der Waals surface area contributed by atoms with Gasteiger partial charge in [-0.15, -0.1) is 0 Å². The first-order valence-electron chi connectivity index (χ1n) is 5.70. The minimum atomic E-state index is -3.89.